The average molecular weight is 380 g/mol. The number of carbonyl (C=O) groups is 3. The highest BCUT2D eigenvalue weighted by Crippen LogP contribution is 2.28. The first-order valence-corrected chi connectivity index (χ1v) is 8.46. The maximum absolute atomic E-state index is 12.6. The van der Waals surface area contributed by atoms with Crippen molar-refractivity contribution in [2.24, 2.45) is 0 Å². The van der Waals surface area contributed by atoms with Gasteiger partial charge in [0.2, 0.25) is 0 Å². The normalized spacial score (nSPS) is 12.7. The Bertz CT molecular complexity index is 1110. The number of carbonyl (C=O) groups excluding carboxylic acids is 3. The van der Waals surface area contributed by atoms with Crippen molar-refractivity contribution >= 4 is 29.1 Å². The van der Waals surface area contributed by atoms with Crippen molar-refractivity contribution in [1.82, 2.24) is 25.2 Å². The smallest absolute Gasteiger partial charge is 0.270 e. The zero-order chi connectivity index (χ0) is 19.7. The zero-order valence-electron chi connectivity index (χ0n) is 14.9. The molecule has 3 heterocycles. The molecule has 28 heavy (non-hydrogen) atoms. The van der Waals surface area contributed by atoms with Gasteiger partial charge in [-0.3, -0.25) is 14.4 Å². The Morgan fingerprint density at radius 1 is 1.25 bits per heavy atom. The predicted octanol–water partition coefficient (Wildman–Crippen LogP) is 0.350. The van der Waals surface area contributed by atoms with Gasteiger partial charge in [-0.15, -0.1) is 0 Å². The average Bonchev–Trinajstić information content (AvgIpc) is 3.19. The van der Waals surface area contributed by atoms with E-state index in [-0.39, 0.29) is 36.4 Å². The number of fused-ring (bicyclic) bond motifs is 2. The van der Waals surface area contributed by atoms with Crippen LogP contribution in [0.3, 0.4) is 0 Å². The largest absolute Gasteiger partial charge is 0.482 e. The third-order valence-corrected chi connectivity index (χ3v) is 4.18. The molecule has 3 aromatic rings. The molecule has 1 aliphatic heterocycles. The van der Waals surface area contributed by atoms with Crippen LogP contribution < -0.4 is 20.7 Å². The minimum absolute atomic E-state index is 0.0144. The molecule has 0 bridgehead atoms. The minimum Gasteiger partial charge on any atom is -0.482 e. The van der Waals surface area contributed by atoms with Crippen molar-refractivity contribution in [2.75, 3.05) is 19.0 Å². The Morgan fingerprint density at radius 2 is 2.11 bits per heavy atom. The number of hydrogen-bond acceptors (Lipinski definition) is 6. The molecular weight excluding hydrogens is 364 g/mol. The van der Waals surface area contributed by atoms with Gasteiger partial charge >= 0.3 is 0 Å². The molecule has 3 amide bonds. The number of ether oxygens (including phenoxy) is 1. The van der Waals surface area contributed by atoms with Gasteiger partial charge < -0.3 is 20.7 Å². The van der Waals surface area contributed by atoms with E-state index in [1.54, 1.807) is 24.3 Å². The Hall–Kier alpha value is -3.95. The van der Waals surface area contributed by atoms with Crippen LogP contribution >= 0.6 is 0 Å². The molecule has 1 aliphatic rings. The lowest BCUT2D eigenvalue weighted by molar-refractivity contribution is -0.118. The molecule has 0 fully saturated rings. The van der Waals surface area contributed by atoms with Crippen molar-refractivity contribution in [1.29, 1.82) is 0 Å². The summed E-state index contributed by atoms with van der Waals surface area (Å²) in [6.45, 7) is 0.197. The monoisotopic (exact) mass is 380 g/mol. The van der Waals surface area contributed by atoms with Gasteiger partial charge in [0.25, 0.3) is 17.7 Å². The number of anilines is 1. The van der Waals surface area contributed by atoms with Crippen LogP contribution in [0.1, 0.15) is 26.5 Å². The zero-order valence-corrected chi connectivity index (χ0v) is 14.9. The lowest BCUT2D eigenvalue weighted by atomic mass is 10.1. The summed E-state index contributed by atoms with van der Waals surface area (Å²) >= 11 is 0. The molecular formula is C18H16N6O4. The van der Waals surface area contributed by atoms with Crippen molar-refractivity contribution < 1.29 is 19.1 Å². The third kappa shape index (κ3) is 3.22. The number of hydrogen-bond donors (Lipinski definition) is 3. The second-order valence-electron chi connectivity index (χ2n) is 6.06. The van der Waals surface area contributed by atoms with Gasteiger partial charge in [0.05, 0.1) is 11.9 Å². The summed E-state index contributed by atoms with van der Waals surface area (Å²) in [5.74, 6) is -0.464. The summed E-state index contributed by atoms with van der Waals surface area (Å²) < 4.78 is 6.67. The SMILES string of the molecule is CNC(=O)c1cc(C(=O)NCc2ccc3c(c2)NC(=O)CO3)nc2ccnn12. The van der Waals surface area contributed by atoms with Crippen LogP contribution in [0.5, 0.6) is 5.75 Å². The molecule has 10 nitrogen and oxygen atoms in total. The number of nitrogens with one attached hydrogen (secondary N) is 3. The van der Waals surface area contributed by atoms with Crippen molar-refractivity contribution in [3.05, 3.63) is 53.5 Å². The molecule has 0 aliphatic carbocycles. The molecule has 0 atom stereocenters. The van der Waals surface area contributed by atoms with Crippen LogP contribution in [-0.4, -0.2) is 46.0 Å². The highest BCUT2D eigenvalue weighted by atomic mass is 16.5. The minimum atomic E-state index is -0.438. The molecule has 0 saturated carbocycles. The molecule has 4 rings (SSSR count). The van der Waals surface area contributed by atoms with Gasteiger partial charge in [0.15, 0.2) is 12.3 Å². The summed E-state index contributed by atoms with van der Waals surface area (Å²) in [4.78, 5) is 40.3. The second-order valence-corrected chi connectivity index (χ2v) is 6.06. The molecule has 10 heteroatoms. The first-order chi connectivity index (χ1) is 13.5. The maximum Gasteiger partial charge on any atom is 0.270 e. The summed E-state index contributed by atoms with van der Waals surface area (Å²) in [5.41, 5.74) is 2.02. The Morgan fingerprint density at radius 3 is 2.93 bits per heavy atom. The topological polar surface area (TPSA) is 127 Å². The highest BCUT2D eigenvalue weighted by molar-refractivity contribution is 5.98. The third-order valence-electron chi connectivity index (χ3n) is 4.18. The molecule has 1 aromatic carbocycles. The Kier molecular flexibility index (Phi) is 4.36. The van der Waals surface area contributed by atoms with Gasteiger partial charge in [0, 0.05) is 25.7 Å². The van der Waals surface area contributed by atoms with Gasteiger partial charge in [-0.05, 0) is 17.7 Å². The summed E-state index contributed by atoms with van der Waals surface area (Å²) in [6, 6.07) is 8.25. The predicted molar refractivity (Wildman–Crippen MR) is 98.1 cm³/mol. The molecule has 2 aromatic heterocycles. The van der Waals surface area contributed by atoms with Crippen LogP contribution in [0.25, 0.3) is 5.65 Å². The van der Waals surface area contributed by atoms with E-state index in [1.807, 2.05) is 0 Å². The first-order valence-electron chi connectivity index (χ1n) is 8.46. The van der Waals surface area contributed by atoms with Gasteiger partial charge in [-0.2, -0.15) is 5.10 Å². The maximum atomic E-state index is 12.6. The van der Waals surface area contributed by atoms with E-state index >= 15 is 0 Å². The van der Waals surface area contributed by atoms with Crippen molar-refractivity contribution in [3.8, 4) is 5.75 Å². The van der Waals surface area contributed by atoms with E-state index in [1.165, 1.54) is 23.8 Å². The van der Waals surface area contributed by atoms with Crippen LogP contribution in [0.4, 0.5) is 5.69 Å². The standard InChI is InChI=1S/C18H16N6O4/c1-19-18(27)13-7-12(22-15-4-5-21-24(13)15)17(26)20-8-10-2-3-14-11(6-10)23-16(25)9-28-14/h2-7H,8-9H2,1H3,(H,19,27)(H,20,26)(H,23,25). The Labute approximate surface area is 158 Å². The first kappa shape index (κ1) is 17.5. The summed E-state index contributed by atoms with van der Waals surface area (Å²) in [7, 11) is 1.50. The van der Waals surface area contributed by atoms with E-state index in [4.69, 9.17) is 4.74 Å². The number of benzene rings is 1. The van der Waals surface area contributed by atoms with Gasteiger partial charge in [-0.1, -0.05) is 6.07 Å². The van der Waals surface area contributed by atoms with Gasteiger partial charge in [-0.25, -0.2) is 9.50 Å². The molecule has 0 unspecified atom stereocenters. The van der Waals surface area contributed by atoms with E-state index < -0.39 is 5.91 Å². The molecule has 0 saturated heterocycles. The molecule has 0 spiro atoms. The van der Waals surface area contributed by atoms with E-state index in [9.17, 15) is 14.4 Å². The number of aromatic nitrogens is 3. The second kappa shape index (κ2) is 6.99. The van der Waals surface area contributed by atoms with Gasteiger partial charge in [0.1, 0.15) is 17.1 Å². The highest BCUT2D eigenvalue weighted by Gasteiger charge is 2.18. The van der Waals surface area contributed by atoms with Crippen LogP contribution in [0, 0.1) is 0 Å². The number of amides is 3. The van der Waals surface area contributed by atoms with E-state index in [0.29, 0.717) is 17.1 Å². The quantitative estimate of drug-likeness (QED) is 0.599. The van der Waals surface area contributed by atoms with E-state index in [2.05, 4.69) is 26.0 Å². The van der Waals surface area contributed by atoms with Crippen LogP contribution in [-0.2, 0) is 11.3 Å². The van der Waals surface area contributed by atoms with Crippen LogP contribution in [0.2, 0.25) is 0 Å². The summed E-state index contributed by atoms with van der Waals surface area (Å²) in [6.07, 6.45) is 1.50. The fourth-order valence-corrected chi connectivity index (χ4v) is 2.83. The fourth-order valence-electron chi connectivity index (χ4n) is 2.83. The number of rotatable bonds is 4. The van der Waals surface area contributed by atoms with Crippen molar-refractivity contribution in [3.63, 3.8) is 0 Å². The van der Waals surface area contributed by atoms with Crippen LogP contribution in [0.15, 0.2) is 36.5 Å². The van der Waals surface area contributed by atoms with E-state index in [0.717, 1.165) is 5.56 Å². The Balaban J connectivity index is 1.53. The molecule has 0 radical (unpaired) electrons. The van der Waals surface area contributed by atoms with Crippen molar-refractivity contribution in [2.45, 2.75) is 6.54 Å². The molecule has 3 N–H and O–H groups in total. The number of nitrogens with zero attached hydrogens (tertiary/aromatic N) is 3. The lowest BCUT2D eigenvalue weighted by Crippen LogP contribution is -2.27. The lowest BCUT2D eigenvalue weighted by Gasteiger charge is -2.18. The summed E-state index contributed by atoms with van der Waals surface area (Å²) in [5, 5.41) is 12.0. The molecule has 142 valence electrons. The fraction of sp³-hybridized carbons (Fsp3) is 0.167.